The zero-order valence-corrected chi connectivity index (χ0v) is 47.2. The number of rotatable bonds is 38. The molecule has 2 atom stereocenters. The molecule has 442 valence electrons. The van der Waals surface area contributed by atoms with Crippen LogP contribution in [0.25, 0.3) is 22.3 Å². The summed E-state index contributed by atoms with van der Waals surface area (Å²) in [5, 5.41) is 32.1. The lowest BCUT2D eigenvalue weighted by Gasteiger charge is -2.29. The number of carbonyl (C=O) groups excluding carboxylic acids is 8. The Morgan fingerprint density at radius 1 is 0.500 bits per heavy atom. The molecular weight excluding hydrogens is 1050 g/mol. The van der Waals surface area contributed by atoms with Gasteiger partial charge in [0.1, 0.15) is 59.4 Å². The molecule has 0 saturated carbocycles. The summed E-state index contributed by atoms with van der Waals surface area (Å²) < 4.78 is 54.3. The Hall–Kier alpha value is -7.22. The second kappa shape index (κ2) is 34.0. The van der Waals surface area contributed by atoms with Crippen LogP contribution in [0, 0.1) is 11.8 Å². The van der Waals surface area contributed by atoms with Gasteiger partial charge in [-0.1, -0.05) is 39.8 Å². The molecular formula is C56H78N4O20. The van der Waals surface area contributed by atoms with Crippen molar-refractivity contribution in [3.63, 3.8) is 0 Å². The van der Waals surface area contributed by atoms with Crippen molar-refractivity contribution in [1.82, 2.24) is 21.3 Å². The van der Waals surface area contributed by atoms with E-state index in [-0.39, 0.29) is 84.5 Å². The van der Waals surface area contributed by atoms with Crippen molar-refractivity contribution in [2.24, 2.45) is 11.8 Å². The lowest BCUT2D eigenvalue weighted by atomic mass is 9.96. The Kier molecular flexibility index (Phi) is 28.5. The Morgan fingerprint density at radius 3 is 1.12 bits per heavy atom. The Morgan fingerprint density at radius 2 is 0.825 bits per heavy atom. The minimum absolute atomic E-state index is 0.0327. The van der Waals surface area contributed by atoms with Crippen LogP contribution in [-0.4, -0.2) is 188 Å². The van der Waals surface area contributed by atoms with Gasteiger partial charge in [-0.05, 0) is 87.1 Å². The van der Waals surface area contributed by atoms with Crippen LogP contribution in [-0.2, 0) is 66.7 Å². The van der Waals surface area contributed by atoms with Crippen molar-refractivity contribution in [1.29, 1.82) is 0 Å². The normalized spacial score (nSPS) is 12.2. The maximum atomic E-state index is 13.7. The molecule has 0 fully saturated rings. The zero-order chi connectivity index (χ0) is 59.4. The smallest absolute Gasteiger partial charge is 0.331 e. The maximum absolute atomic E-state index is 13.7. The van der Waals surface area contributed by atoms with Gasteiger partial charge in [0.2, 0.25) is 11.8 Å². The van der Waals surface area contributed by atoms with Gasteiger partial charge in [0.15, 0.2) is 25.8 Å². The van der Waals surface area contributed by atoms with Crippen molar-refractivity contribution >= 4 is 48.1 Å². The minimum atomic E-state index is -1.52. The number of nitrogens with one attached hydrogen (secondary N) is 4. The molecule has 24 nitrogen and oxygen atoms in total. The molecule has 0 bridgehead atoms. The molecule has 6 N–H and O–H groups in total. The van der Waals surface area contributed by atoms with Crippen LogP contribution < -0.4 is 30.7 Å². The highest BCUT2D eigenvalue weighted by Crippen LogP contribution is 2.43. The molecule has 80 heavy (non-hydrogen) atoms. The SMILES string of the molecule is COCCOCCOCCOC(=O)C(C)(C)NC(=O)[C@@H](NC(=O)COc1cc(-c2ccc(C=O)c(O)c2)c(OCC(=O)N[C@H](C(=O)NC(C)(C)C(=O)OCCOCCOCCOC)C(C)C)cc1-c1ccc(C=O)c(O)c1)C(C)C. The number of hydrogen-bond donors (Lipinski definition) is 6. The van der Waals surface area contributed by atoms with Crippen LogP contribution in [0.15, 0.2) is 48.5 Å². The molecule has 0 heterocycles. The van der Waals surface area contributed by atoms with Crippen LogP contribution in [0.2, 0.25) is 0 Å². The maximum Gasteiger partial charge on any atom is 0.331 e. The van der Waals surface area contributed by atoms with Crippen molar-refractivity contribution in [3.05, 3.63) is 59.7 Å². The second-order valence-electron chi connectivity index (χ2n) is 19.7. The third-order valence-electron chi connectivity index (χ3n) is 11.7. The van der Waals surface area contributed by atoms with Crippen LogP contribution in [0.5, 0.6) is 23.0 Å². The predicted molar refractivity (Wildman–Crippen MR) is 289 cm³/mol. The highest BCUT2D eigenvalue weighted by molar-refractivity contribution is 5.94. The highest BCUT2D eigenvalue weighted by atomic mass is 16.6. The topological polar surface area (TPSA) is 317 Å². The average molecular weight is 1130 g/mol. The summed E-state index contributed by atoms with van der Waals surface area (Å²) in [6, 6.07) is 8.61. The standard InChI is InChI=1S/C56H78N4O20/c1-35(2)49(51(67)59-55(5,6)53(69)77-25-23-75-21-19-73-17-15-71-9)57-47(65)33-79-45-29-42(38-12-14-40(32-62)44(64)28-38)46(30-41(45)37-11-13-39(31-61)43(63)27-37)80-34-48(66)58-50(36(3)4)52(68)60-56(7,8)54(70)78-26-24-76-22-20-74-18-16-72-10/h11-14,27-32,35-36,49-50,63-64H,15-26,33-34H2,1-10H3,(H,57,65)(H,58,66)(H,59,67)(H,60,68)/t49-,50-/m0/s1. The molecule has 0 aliphatic carbocycles. The lowest BCUT2D eigenvalue weighted by Crippen LogP contribution is -2.58. The number of phenolic OH excluding ortho intramolecular Hbond substituents is 2. The molecule has 3 aromatic carbocycles. The molecule has 24 heteroatoms. The van der Waals surface area contributed by atoms with Gasteiger partial charge in [0, 0.05) is 25.3 Å². The van der Waals surface area contributed by atoms with E-state index in [1.807, 2.05) is 0 Å². The van der Waals surface area contributed by atoms with Crippen LogP contribution in [0.4, 0.5) is 0 Å². The number of ether oxygens (including phenoxy) is 10. The van der Waals surface area contributed by atoms with E-state index in [1.54, 1.807) is 41.9 Å². The summed E-state index contributed by atoms with van der Waals surface area (Å²) >= 11 is 0. The second-order valence-corrected chi connectivity index (χ2v) is 19.7. The first-order valence-electron chi connectivity index (χ1n) is 25.9. The van der Waals surface area contributed by atoms with E-state index in [9.17, 15) is 48.6 Å². The first kappa shape index (κ1) is 67.1. The quantitative estimate of drug-likeness (QED) is 0.0272. The molecule has 0 saturated heterocycles. The van der Waals surface area contributed by atoms with Crippen molar-refractivity contribution in [2.45, 2.75) is 78.6 Å². The number of benzene rings is 3. The van der Waals surface area contributed by atoms with Crippen molar-refractivity contribution < 1.29 is 95.9 Å². The summed E-state index contributed by atoms with van der Waals surface area (Å²) in [6.45, 7) is 13.9. The Bertz CT molecular complexity index is 2360. The molecule has 0 aliphatic rings. The van der Waals surface area contributed by atoms with Crippen LogP contribution >= 0.6 is 0 Å². The van der Waals surface area contributed by atoms with Crippen LogP contribution in [0.1, 0.15) is 76.1 Å². The monoisotopic (exact) mass is 1130 g/mol. The van der Waals surface area contributed by atoms with Gasteiger partial charge < -0.3 is 78.8 Å². The van der Waals surface area contributed by atoms with E-state index in [2.05, 4.69) is 21.3 Å². The molecule has 4 amide bonds. The molecule has 0 aliphatic heterocycles. The number of amides is 4. The third-order valence-corrected chi connectivity index (χ3v) is 11.7. The van der Waals surface area contributed by atoms with E-state index in [1.165, 1.54) is 76.2 Å². The Labute approximate surface area is 466 Å². The van der Waals surface area contributed by atoms with E-state index >= 15 is 0 Å². The fourth-order valence-corrected chi connectivity index (χ4v) is 7.21. The van der Waals surface area contributed by atoms with Gasteiger partial charge in [0.05, 0.1) is 77.2 Å². The van der Waals surface area contributed by atoms with Crippen LogP contribution in [0.3, 0.4) is 0 Å². The van der Waals surface area contributed by atoms with Crippen molar-refractivity contribution in [2.75, 3.05) is 107 Å². The lowest BCUT2D eigenvalue weighted by molar-refractivity contribution is -0.154. The number of hydrogen-bond acceptors (Lipinski definition) is 20. The number of aldehydes is 2. The number of esters is 2. The fraction of sp³-hybridized carbons (Fsp3) is 0.536. The third kappa shape index (κ3) is 22.1. The molecule has 3 aromatic rings. The van der Waals surface area contributed by atoms with Gasteiger partial charge in [-0.25, -0.2) is 9.59 Å². The minimum Gasteiger partial charge on any atom is -0.507 e. The molecule has 0 radical (unpaired) electrons. The van der Waals surface area contributed by atoms with E-state index < -0.39 is 95.3 Å². The van der Waals surface area contributed by atoms with E-state index in [4.69, 9.17) is 47.4 Å². The molecule has 3 rings (SSSR count). The summed E-state index contributed by atoms with van der Waals surface area (Å²) in [5.41, 5.74) is -2.34. The molecule has 0 unspecified atom stereocenters. The molecule has 0 spiro atoms. The number of phenols is 2. The van der Waals surface area contributed by atoms with Gasteiger partial charge in [-0.2, -0.15) is 0 Å². The summed E-state index contributed by atoms with van der Waals surface area (Å²) in [5.74, 6) is -6.33. The summed E-state index contributed by atoms with van der Waals surface area (Å²) in [6.07, 6.45) is 0.884. The van der Waals surface area contributed by atoms with E-state index in [0.717, 1.165) is 0 Å². The van der Waals surface area contributed by atoms with E-state index in [0.29, 0.717) is 52.2 Å². The van der Waals surface area contributed by atoms with Gasteiger partial charge in [-0.15, -0.1) is 0 Å². The van der Waals surface area contributed by atoms with Gasteiger partial charge >= 0.3 is 11.9 Å². The summed E-state index contributed by atoms with van der Waals surface area (Å²) in [4.78, 5) is 104. The fourth-order valence-electron chi connectivity index (χ4n) is 7.21. The first-order valence-corrected chi connectivity index (χ1v) is 25.9. The number of aromatic hydroxyl groups is 2. The summed E-state index contributed by atoms with van der Waals surface area (Å²) in [7, 11) is 3.12. The van der Waals surface area contributed by atoms with Gasteiger partial charge in [0.25, 0.3) is 11.8 Å². The average Bonchev–Trinajstić information content (AvgIpc) is 3.40. The van der Waals surface area contributed by atoms with Crippen molar-refractivity contribution in [3.8, 4) is 45.3 Å². The van der Waals surface area contributed by atoms with Gasteiger partial charge in [-0.3, -0.25) is 28.8 Å². The number of methoxy groups -OCH3 is 2. The molecule has 0 aromatic heterocycles. The first-order chi connectivity index (χ1) is 38.0. The predicted octanol–water partition coefficient (Wildman–Crippen LogP) is 3.33. The Balaban J connectivity index is 1.86. The number of carbonyl (C=O) groups is 8. The largest absolute Gasteiger partial charge is 0.507 e. The zero-order valence-electron chi connectivity index (χ0n) is 47.2. The highest BCUT2D eigenvalue weighted by Gasteiger charge is 2.37.